The molecule has 14 heavy (non-hydrogen) atoms. The van der Waals surface area contributed by atoms with Crippen molar-refractivity contribution >= 4 is 18.4 Å². The van der Waals surface area contributed by atoms with Crippen molar-refractivity contribution in [1.82, 2.24) is 9.97 Å². The van der Waals surface area contributed by atoms with Crippen molar-refractivity contribution in [2.24, 2.45) is 0 Å². The molecule has 1 aromatic heterocycles. The molecule has 8 heteroatoms. The first-order valence-electron chi connectivity index (χ1n) is 3.28. The monoisotopic (exact) mass is 221 g/mol. The molecule has 0 saturated carbocycles. The SMILES string of the molecule is COc1cnc([N+](=O)[O-])nc1OC.Cl. The molecule has 1 rings (SSSR count). The highest BCUT2D eigenvalue weighted by Gasteiger charge is 2.17. The van der Waals surface area contributed by atoms with Gasteiger partial charge in [-0.2, -0.15) is 0 Å². The topological polar surface area (TPSA) is 87.4 Å². The minimum absolute atomic E-state index is 0. The van der Waals surface area contributed by atoms with E-state index in [1.165, 1.54) is 20.4 Å². The smallest absolute Gasteiger partial charge is 0.472 e. The van der Waals surface area contributed by atoms with E-state index in [2.05, 4.69) is 9.97 Å². The molecule has 0 radical (unpaired) electrons. The van der Waals surface area contributed by atoms with Crippen LogP contribution in [0.3, 0.4) is 0 Å². The van der Waals surface area contributed by atoms with E-state index in [-0.39, 0.29) is 24.0 Å². The Labute approximate surface area is 85.6 Å². The van der Waals surface area contributed by atoms with E-state index in [0.29, 0.717) is 0 Å². The summed E-state index contributed by atoms with van der Waals surface area (Å²) in [6, 6.07) is 0. The standard InChI is InChI=1S/C6H7N3O4.ClH/c1-12-4-3-7-6(9(10)11)8-5(4)13-2;/h3H,1-2H3;1H. The molecule has 0 amide bonds. The zero-order chi connectivity index (χ0) is 9.84. The Morgan fingerprint density at radius 3 is 2.50 bits per heavy atom. The lowest BCUT2D eigenvalue weighted by Crippen LogP contribution is -2.00. The molecule has 0 N–H and O–H groups in total. The summed E-state index contributed by atoms with van der Waals surface area (Å²) in [4.78, 5) is 16.5. The first-order valence-corrected chi connectivity index (χ1v) is 3.28. The van der Waals surface area contributed by atoms with Crippen molar-refractivity contribution in [3.05, 3.63) is 16.3 Å². The molecular weight excluding hydrogens is 214 g/mol. The highest BCUT2D eigenvalue weighted by molar-refractivity contribution is 5.85. The lowest BCUT2D eigenvalue weighted by Gasteiger charge is -2.00. The van der Waals surface area contributed by atoms with Crippen LogP contribution in [-0.4, -0.2) is 29.1 Å². The van der Waals surface area contributed by atoms with Gasteiger partial charge in [-0.15, -0.1) is 12.4 Å². The van der Waals surface area contributed by atoms with Gasteiger partial charge in [0.25, 0.3) is 0 Å². The molecular formula is C6H8ClN3O4. The highest BCUT2D eigenvalue weighted by atomic mass is 35.5. The predicted octanol–water partition coefficient (Wildman–Crippen LogP) is 0.824. The zero-order valence-corrected chi connectivity index (χ0v) is 8.28. The maximum absolute atomic E-state index is 10.3. The van der Waals surface area contributed by atoms with Crippen molar-refractivity contribution in [2.75, 3.05) is 14.2 Å². The van der Waals surface area contributed by atoms with Crippen LogP contribution in [0, 0.1) is 10.1 Å². The second kappa shape index (κ2) is 5.18. The Morgan fingerprint density at radius 2 is 2.07 bits per heavy atom. The van der Waals surface area contributed by atoms with E-state index in [9.17, 15) is 10.1 Å². The van der Waals surface area contributed by atoms with E-state index < -0.39 is 10.9 Å². The minimum Gasteiger partial charge on any atom is -0.488 e. The first kappa shape index (κ1) is 12.4. The number of ether oxygens (including phenoxy) is 2. The van der Waals surface area contributed by atoms with Crippen molar-refractivity contribution < 1.29 is 14.4 Å². The largest absolute Gasteiger partial charge is 0.488 e. The number of rotatable bonds is 3. The maximum atomic E-state index is 10.3. The van der Waals surface area contributed by atoms with Crippen LogP contribution in [0.2, 0.25) is 0 Å². The number of nitrogens with zero attached hydrogens (tertiary/aromatic N) is 3. The molecule has 0 saturated heterocycles. The van der Waals surface area contributed by atoms with Gasteiger partial charge in [0.15, 0.2) is 6.20 Å². The Morgan fingerprint density at radius 1 is 1.43 bits per heavy atom. The van der Waals surface area contributed by atoms with Gasteiger partial charge in [0.2, 0.25) is 5.75 Å². The van der Waals surface area contributed by atoms with Crippen LogP contribution in [0.1, 0.15) is 0 Å². The van der Waals surface area contributed by atoms with Crippen LogP contribution >= 0.6 is 12.4 Å². The highest BCUT2D eigenvalue weighted by Crippen LogP contribution is 2.23. The van der Waals surface area contributed by atoms with Gasteiger partial charge in [-0.25, -0.2) is 0 Å². The summed E-state index contributed by atoms with van der Waals surface area (Å²) in [7, 11) is 2.74. The van der Waals surface area contributed by atoms with Gasteiger partial charge in [0, 0.05) is 0 Å². The van der Waals surface area contributed by atoms with E-state index in [1.807, 2.05) is 0 Å². The number of aromatic nitrogens is 2. The van der Waals surface area contributed by atoms with Gasteiger partial charge in [0.1, 0.15) is 0 Å². The third kappa shape index (κ3) is 2.43. The van der Waals surface area contributed by atoms with Crippen LogP contribution in [0.5, 0.6) is 11.6 Å². The van der Waals surface area contributed by atoms with Gasteiger partial charge in [-0.05, 0) is 9.91 Å². The van der Waals surface area contributed by atoms with E-state index in [0.717, 1.165) is 0 Å². The van der Waals surface area contributed by atoms with Crippen LogP contribution in [0.25, 0.3) is 0 Å². The summed E-state index contributed by atoms with van der Waals surface area (Å²) >= 11 is 0. The van der Waals surface area contributed by atoms with Gasteiger partial charge < -0.3 is 19.6 Å². The van der Waals surface area contributed by atoms with Crippen molar-refractivity contribution in [3.63, 3.8) is 0 Å². The van der Waals surface area contributed by atoms with Gasteiger partial charge in [-0.3, -0.25) is 0 Å². The number of nitro groups is 1. The molecule has 0 aromatic carbocycles. The zero-order valence-electron chi connectivity index (χ0n) is 7.46. The van der Waals surface area contributed by atoms with Gasteiger partial charge in [0.05, 0.1) is 14.2 Å². The van der Waals surface area contributed by atoms with Crippen LogP contribution in [-0.2, 0) is 0 Å². The number of halogens is 1. The van der Waals surface area contributed by atoms with Crippen molar-refractivity contribution in [3.8, 4) is 11.6 Å². The number of methoxy groups -OCH3 is 2. The molecule has 0 aliphatic carbocycles. The van der Waals surface area contributed by atoms with Crippen LogP contribution in [0.4, 0.5) is 5.95 Å². The predicted molar refractivity (Wildman–Crippen MR) is 49.0 cm³/mol. The number of hydrogen-bond donors (Lipinski definition) is 0. The molecule has 78 valence electrons. The Bertz CT molecular complexity index is 333. The van der Waals surface area contributed by atoms with Crippen LogP contribution < -0.4 is 9.47 Å². The second-order valence-electron chi connectivity index (χ2n) is 2.00. The molecule has 7 nitrogen and oxygen atoms in total. The molecule has 0 atom stereocenters. The molecule has 0 unspecified atom stereocenters. The average Bonchev–Trinajstić information content (AvgIpc) is 2.16. The first-order chi connectivity index (χ1) is 6.19. The fourth-order valence-corrected chi connectivity index (χ4v) is 0.721. The molecule has 0 spiro atoms. The van der Waals surface area contributed by atoms with E-state index >= 15 is 0 Å². The van der Waals surface area contributed by atoms with Crippen molar-refractivity contribution in [1.29, 1.82) is 0 Å². The molecule has 0 aliphatic rings. The van der Waals surface area contributed by atoms with Crippen molar-refractivity contribution in [2.45, 2.75) is 0 Å². The Hall–Kier alpha value is -1.63. The molecule has 1 aromatic rings. The summed E-state index contributed by atoms with van der Waals surface area (Å²) in [5.41, 5.74) is 0. The second-order valence-corrected chi connectivity index (χ2v) is 2.00. The summed E-state index contributed by atoms with van der Waals surface area (Å²) < 4.78 is 9.54. The third-order valence-electron chi connectivity index (χ3n) is 1.29. The third-order valence-corrected chi connectivity index (χ3v) is 1.29. The van der Waals surface area contributed by atoms with Crippen LogP contribution in [0.15, 0.2) is 6.20 Å². The molecule has 0 aliphatic heterocycles. The van der Waals surface area contributed by atoms with E-state index in [4.69, 9.17) is 9.47 Å². The average molecular weight is 222 g/mol. The normalized spacial score (nSPS) is 8.71. The number of hydrogen-bond acceptors (Lipinski definition) is 6. The van der Waals surface area contributed by atoms with Gasteiger partial charge in [-0.1, -0.05) is 4.98 Å². The Balaban J connectivity index is 0.00000169. The fourth-order valence-electron chi connectivity index (χ4n) is 0.721. The lowest BCUT2D eigenvalue weighted by molar-refractivity contribution is -0.394. The molecule has 0 fully saturated rings. The quantitative estimate of drug-likeness (QED) is 0.555. The summed E-state index contributed by atoms with van der Waals surface area (Å²) in [6.07, 6.45) is 1.18. The minimum atomic E-state index is -0.706. The Kier molecular flexibility index (Phi) is 4.57. The summed E-state index contributed by atoms with van der Waals surface area (Å²) in [6.45, 7) is 0. The molecule has 0 bridgehead atoms. The molecule has 1 heterocycles. The fraction of sp³-hybridized carbons (Fsp3) is 0.333. The maximum Gasteiger partial charge on any atom is 0.472 e. The summed E-state index contributed by atoms with van der Waals surface area (Å²) in [5.74, 6) is -0.213. The van der Waals surface area contributed by atoms with E-state index in [1.54, 1.807) is 0 Å². The summed E-state index contributed by atoms with van der Waals surface area (Å²) in [5, 5.41) is 10.3. The lowest BCUT2D eigenvalue weighted by atomic mass is 10.5. The van der Waals surface area contributed by atoms with Gasteiger partial charge >= 0.3 is 11.8 Å².